The van der Waals surface area contributed by atoms with Crippen molar-refractivity contribution in [3.8, 4) is 0 Å². The van der Waals surface area contributed by atoms with Crippen LogP contribution in [0.5, 0.6) is 0 Å². The Balaban J connectivity index is 2.02. The number of pyridine rings is 1. The number of aryl methyl sites for hydroxylation is 2. The molecule has 2 aromatic rings. The second kappa shape index (κ2) is 7.63. The molecule has 4 heteroatoms. The second-order valence-corrected chi connectivity index (χ2v) is 5.64. The van der Waals surface area contributed by atoms with E-state index in [2.05, 4.69) is 21.5 Å². The molecule has 0 aliphatic rings. The van der Waals surface area contributed by atoms with E-state index >= 15 is 0 Å². The molecule has 0 amide bonds. The zero-order valence-electron chi connectivity index (χ0n) is 12.5. The van der Waals surface area contributed by atoms with Crippen molar-refractivity contribution in [1.82, 2.24) is 14.5 Å². The Morgan fingerprint density at radius 3 is 2.55 bits per heavy atom. The molecule has 0 saturated carbocycles. The number of rotatable bonds is 8. The zero-order chi connectivity index (χ0) is 14.4. The molecule has 0 bridgehead atoms. The standard InChI is InChI=1S/C16H24ClN3/c1-3-4-5-6-7-8-11-20-15(12-17)19-14-10-9-13(2)18-16(14)20/h9-10H,3-8,11-12H2,1-2H3. The summed E-state index contributed by atoms with van der Waals surface area (Å²) in [4.78, 5) is 9.18. The molecule has 0 aromatic carbocycles. The number of fused-ring (bicyclic) bond motifs is 1. The maximum absolute atomic E-state index is 6.01. The highest BCUT2D eigenvalue weighted by atomic mass is 35.5. The summed E-state index contributed by atoms with van der Waals surface area (Å²) >= 11 is 6.01. The van der Waals surface area contributed by atoms with Gasteiger partial charge in [-0.05, 0) is 25.5 Å². The minimum Gasteiger partial charge on any atom is -0.312 e. The van der Waals surface area contributed by atoms with E-state index in [1.54, 1.807) is 0 Å². The average Bonchev–Trinajstić information content (AvgIpc) is 2.80. The first-order chi connectivity index (χ1) is 9.76. The first-order valence-electron chi connectivity index (χ1n) is 7.65. The molecule has 0 spiro atoms. The predicted octanol–water partition coefficient (Wildman–Crippen LogP) is 4.84. The van der Waals surface area contributed by atoms with E-state index in [9.17, 15) is 0 Å². The minimum absolute atomic E-state index is 0.450. The van der Waals surface area contributed by atoms with Gasteiger partial charge in [-0.2, -0.15) is 0 Å². The number of halogens is 1. The third kappa shape index (κ3) is 3.72. The van der Waals surface area contributed by atoms with Crippen molar-refractivity contribution < 1.29 is 0 Å². The highest BCUT2D eigenvalue weighted by Gasteiger charge is 2.10. The monoisotopic (exact) mass is 293 g/mol. The Labute approximate surface area is 126 Å². The van der Waals surface area contributed by atoms with Crippen LogP contribution in [0, 0.1) is 6.92 Å². The molecule has 20 heavy (non-hydrogen) atoms. The van der Waals surface area contributed by atoms with Crippen LogP contribution in [0.4, 0.5) is 0 Å². The van der Waals surface area contributed by atoms with Gasteiger partial charge in [0.2, 0.25) is 0 Å². The van der Waals surface area contributed by atoms with Crippen LogP contribution in [0.2, 0.25) is 0 Å². The van der Waals surface area contributed by atoms with Gasteiger partial charge in [-0.15, -0.1) is 11.6 Å². The number of hydrogen-bond acceptors (Lipinski definition) is 2. The summed E-state index contributed by atoms with van der Waals surface area (Å²) in [5.41, 5.74) is 2.97. The highest BCUT2D eigenvalue weighted by molar-refractivity contribution is 6.16. The molecule has 0 unspecified atom stereocenters. The van der Waals surface area contributed by atoms with Crippen molar-refractivity contribution in [3.63, 3.8) is 0 Å². The summed E-state index contributed by atoms with van der Waals surface area (Å²) in [6.07, 6.45) is 7.76. The summed E-state index contributed by atoms with van der Waals surface area (Å²) in [5.74, 6) is 1.39. The Bertz CT molecular complexity index is 548. The number of aromatic nitrogens is 3. The summed E-state index contributed by atoms with van der Waals surface area (Å²) in [6.45, 7) is 5.24. The van der Waals surface area contributed by atoms with Crippen LogP contribution in [0.25, 0.3) is 11.2 Å². The minimum atomic E-state index is 0.450. The second-order valence-electron chi connectivity index (χ2n) is 5.38. The quantitative estimate of drug-likeness (QED) is 0.515. The summed E-state index contributed by atoms with van der Waals surface area (Å²) < 4.78 is 2.19. The molecule has 0 radical (unpaired) electrons. The van der Waals surface area contributed by atoms with Gasteiger partial charge in [0.05, 0.1) is 5.88 Å². The molecule has 0 atom stereocenters. The summed E-state index contributed by atoms with van der Waals surface area (Å²) in [6, 6.07) is 4.04. The van der Waals surface area contributed by atoms with Gasteiger partial charge in [-0.25, -0.2) is 9.97 Å². The van der Waals surface area contributed by atoms with Gasteiger partial charge in [-0.1, -0.05) is 39.0 Å². The van der Waals surface area contributed by atoms with Crippen LogP contribution in [0.15, 0.2) is 12.1 Å². The molecule has 0 fully saturated rings. The first kappa shape index (κ1) is 15.3. The maximum atomic E-state index is 6.01. The van der Waals surface area contributed by atoms with E-state index in [-0.39, 0.29) is 0 Å². The van der Waals surface area contributed by atoms with Crippen molar-refractivity contribution in [3.05, 3.63) is 23.7 Å². The number of unbranched alkanes of at least 4 members (excludes halogenated alkanes) is 5. The third-order valence-electron chi connectivity index (χ3n) is 3.67. The van der Waals surface area contributed by atoms with Gasteiger partial charge in [0.15, 0.2) is 5.65 Å². The fourth-order valence-corrected chi connectivity index (χ4v) is 2.73. The van der Waals surface area contributed by atoms with Crippen LogP contribution < -0.4 is 0 Å². The van der Waals surface area contributed by atoms with Gasteiger partial charge in [0, 0.05) is 12.2 Å². The van der Waals surface area contributed by atoms with Crippen molar-refractivity contribution in [1.29, 1.82) is 0 Å². The topological polar surface area (TPSA) is 30.7 Å². The average molecular weight is 294 g/mol. The van der Waals surface area contributed by atoms with E-state index in [4.69, 9.17) is 11.6 Å². The van der Waals surface area contributed by atoms with E-state index < -0.39 is 0 Å². The van der Waals surface area contributed by atoms with E-state index in [1.165, 1.54) is 38.5 Å². The van der Waals surface area contributed by atoms with Crippen molar-refractivity contribution in [2.24, 2.45) is 0 Å². The summed E-state index contributed by atoms with van der Waals surface area (Å²) in [5, 5.41) is 0. The van der Waals surface area contributed by atoms with Gasteiger partial charge in [0.1, 0.15) is 11.3 Å². The Morgan fingerprint density at radius 1 is 1.05 bits per heavy atom. The lowest BCUT2D eigenvalue weighted by atomic mass is 10.1. The van der Waals surface area contributed by atoms with E-state index in [0.29, 0.717) is 5.88 Å². The van der Waals surface area contributed by atoms with Crippen LogP contribution in [-0.4, -0.2) is 14.5 Å². The lowest BCUT2D eigenvalue weighted by molar-refractivity contribution is 0.555. The van der Waals surface area contributed by atoms with Crippen molar-refractivity contribution >= 4 is 22.8 Å². The van der Waals surface area contributed by atoms with Crippen LogP contribution >= 0.6 is 11.6 Å². The molecule has 2 heterocycles. The molecule has 0 aliphatic heterocycles. The lowest BCUT2D eigenvalue weighted by Gasteiger charge is -2.07. The molecule has 0 N–H and O–H groups in total. The van der Waals surface area contributed by atoms with Crippen LogP contribution in [-0.2, 0) is 12.4 Å². The van der Waals surface area contributed by atoms with Gasteiger partial charge in [-0.3, -0.25) is 0 Å². The number of imidazole rings is 1. The molecule has 0 aliphatic carbocycles. The van der Waals surface area contributed by atoms with E-state index in [0.717, 1.165) is 29.2 Å². The fraction of sp³-hybridized carbons (Fsp3) is 0.625. The number of nitrogens with zero attached hydrogens (tertiary/aromatic N) is 3. The maximum Gasteiger partial charge on any atom is 0.160 e. The molecular weight excluding hydrogens is 270 g/mol. The van der Waals surface area contributed by atoms with Gasteiger partial charge in [0.25, 0.3) is 0 Å². The Morgan fingerprint density at radius 2 is 1.80 bits per heavy atom. The molecule has 2 rings (SSSR count). The van der Waals surface area contributed by atoms with E-state index in [1.807, 2.05) is 19.1 Å². The molecule has 0 saturated heterocycles. The van der Waals surface area contributed by atoms with Gasteiger partial charge >= 0.3 is 0 Å². The smallest absolute Gasteiger partial charge is 0.160 e. The van der Waals surface area contributed by atoms with Crippen LogP contribution in [0.1, 0.15) is 57.0 Å². The van der Waals surface area contributed by atoms with Crippen molar-refractivity contribution in [2.45, 2.75) is 64.8 Å². The third-order valence-corrected chi connectivity index (χ3v) is 3.90. The Kier molecular flexibility index (Phi) is 5.84. The number of hydrogen-bond donors (Lipinski definition) is 0. The predicted molar refractivity (Wildman–Crippen MR) is 85.2 cm³/mol. The molecule has 110 valence electrons. The number of alkyl halides is 1. The zero-order valence-corrected chi connectivity index (χ0v) is 13.3. The molecule has 3 nitrogen and oxygen atoms in total. The first-order valence-corrected chi connectivity index (χ1v) is 8.18. The largest absolute Gasteiger partial charge is 0.312 e. The van der Waals surface area contributed by atoms with Crippen LogP contribution in [0.3, 0.4) is 0 Å². The molecular formula is C16H24ClN3. The SMILES string of the molecule is CCCCCCCCn1c(CCl)nc2ccc(C)nc21. The fourth-order valence-electron chi connectivity index (χ4n) is 2.53. The van der Waals surface area contributed by atoms with Gasteiger partial charge < -0.3 is 4.57 Å². The normalized spacial score (nSPS) is 11.3. The Hall–Kier alpha value is -1.09. The highest BCUT2D eigenvalue weighted by Crippen LogP contribution is 2.18. The lowest BCUT2D eigenvalue weighted by Crippen LogP contribution is -2.04. The van der Waals surface area contributed by atoms with Crippen molar-refractivity contribution in [2.75, 3.05) is 0 Å². The molecule has 2 aromatic heterocycles. The summed E-state index contributed by atoms with van der Waals surface area (Å²) in [7, 11) is 0.